The smallest absolute Gasteiger partial charge is 0.329 e. The van der Waals surface area contributed by atoms with Crippen molar-refractivity contribution in [1.29, 1.82) is 0 Å². The van der Waals surface area contributed by atoms with Crippen molar-refractivity contribution in [3.63, 3.8) is 0 Å². The van der Waals surface area contributed by atoms with Gasteiger partial charge in [-0.1, -0.05) is 35.9 Å². The fourth-order valence-corrected chi connectivity index (χ4v) is 4.25. The molecule has 0 spiro atoms. The van der Waals surface area contributed by atoms with Crippen LogP contribution in [0.4, 0.5) is 16.2 Å². The van der Waals surface area contributed by atoms with Crippen LogP contribution in [0.3, 0.4) is 0 Å². The summed E-state index contributed by atoms with van der Waals surface area (Å²) in [5, 5.41) is 5.67. The van der Waals surface area contributed by atoms with E-state index in [1.54, 1.807) is 30.3 Å². The topological polar surface area (TPSA) is 81.8 Å². The number of fused-ring (bicyclic) bond motifs is 1. The quantitative estimate of drug-likeness (QED) is 0.515. The highest BCUT2D eigenvalue weighted by atomic mass is 35.5. The molecule has 8 heteroatoms. The van der Waals surface area contributed by atoms with E-state index in [4.69, 9.17) is 11.6 Å². The highest BCUT2D eigenvalue weighted by Gasteiger charge is 2.35. The highest BCUT2D eigenvalue weighted by molar-refractivity contribution is 6.32. The Morgan fingerprint density at radius 1 is 1.18 bits per heavy atom. The maximum Gasteiger partial charge on any atom is 0.329 e. The summed E-state index contributed by atoms with van der Waals surface area (Å²) in [6, 6.07) is 12.0. The number of hydrogen-bond acceptors (Lipinski definition) is 4. The molecule has 0 aromatic heterocycles. The van der Waals surface area contributed by atoms with Crippen LogP contribution in [0.5, 0.6) is 0 Å². The molecule has 0 radical (unpaired) electrons. The average molecular weight is 465 g/mol. The van der Waals surface area contributed by atoms with Gasteiger partial charge in [-0.2, -0.15) is 0 Å². The van der Waals surface area contributed by atoms with Crippen LogP contribution < -0.4 is 15.5 Å². The summed E-state index contributed by atoms with van der Waals surface area (Å²) in [6.45, 7) is 5.89. The van der Waals surface area contributed by atoms with Gasteiger partial charge in [-0.15, -0.1) is 0 Å². The number of imide groups is 1. The van der Waals surface area contributed by atoms with Crippen LogP contribution in [0, 0.1) is 0 Å². The Morgan fingerprint density at radius 2 is 1.88 bits per heavy atom. The largest absolute Gasteiger partial charge is 0.365 e. The number of allylic oxidation sites excluding steroid dienone is 1. The summed E-state index contributed by atoms with van der Waals surface area (Å²) in [5.41, 5.74) is 4.21. The average Bonchev–Trinajstić information content (AvgIpc) is 3.01. The number of amides is 4. The number of nitrogens with one attached hydrogen (secondary N) is 2. The van der Waals surface area contributed by atoms with Gasteiger partial charge in [0.2, 0.25) is 5.91 Å². The monoisotopic (exact) mass is 464 g/mol. The van der Waals surface area contributed by atoms with Crippen LogP contribution in [0.2, 0.25) is 5.02 Å². The molecule has 2 aliphatic rings. The molecule has 1 saturated heterocycles. The maximum absolute atomic E-state index is 12.8. The Hall–Kier alpha value is -3.58. The van der Waals surface area contributed by atoms with Gasteiger partial charge >= 0.3 is 6.03 Å². The Bertz CT molecular complexity index is 1220. The van der Waals surface area contributed by atoms with Crippen molar-refractivity contribution >= 4 is 52.5 Å². The van der Waals surface area contributed by atoms with Gasteiger partial charge in [-0.25, -0.2) is 9.69 Å². The van der Waals surface area contributed by atoms with Crippen LogP contribution in [0.1, 0.15) is 31.9 Å². The molecular formula is C25H25ClN4O3. The first kappa shape index (κ1) is 22.6. The van der Waals surface area contributed by atoms with E-state index >= 15 is 0 Å². The molecule has 0 aliphatic carbocycles. The van der Waals surface area contributed by atoms with Crippen LogP contribution in [-0.4, -0.2) is 41.9 Å². The summed E-state index contributed by atoms with van der Waals surface area (Å²) in [6.07, 6.45) is 3.72. The zero-order valence-corrected chi connectivity index (χ0v) is 19.7. The van der Waals surface area contributed by atoms with Gasteiger partial charge in [0.05, 0.1) is 5.54 Å². The van der Waals surface area contributed by atoms with Crippen molar-refractivity contribution in [3.05, 3.63) is 70.4 Å². The number of anilines is 2. The number of halogens is 1. The number of para-hydroxylation sites is 1. The van der Waals surface area contributed by atoms with Gasteiger partial charge in [-0.3, -0.25) is 9.59 Å². The molecule has 170 valence electrons. The van der Waals surface area contributed by atoms with E-state index in [1.165, 1.54) is 0 Å². The minimum Gasteiger partial charge on any atom is -0.365 e. The van der Waals surface area contributed by atoms with E-state index in [9.17, 15) is 14.4 Å². The fourth-order valence-electron chi connectivity index (χ4n) is 4.03. The first-order chi connectivity index (χ1) is 15.6. The van der Waals surface area contributed by atoms with Crippen molar-refractivity contribution in [2.75, 3.05) is 23.8 Å². The van der Waals surface area contributed by atoms with Crippen molar-refractivity contribution in [3.8, 4) is 0 Å². The van der Waals surface area contributed by atoms with Gasteiger partial charge in [0.1, 0.15) is 12.2 Å². The van der Waals surface area contributed by atoms with Crippen molar-refractivity contribution in [2.45, 2.75) is 26.3 Å². The molecule has 4 rings (SSSR count). The predicted octanol–water partition coefficient (Wildman–Crippen LogP) is 4.50. The number of nitrogens with zero attached hydrogens (tertiary/aromatic N) is 2. The molecule has 7 nitrogen and oxygen atoms in total. The molecule has 33 heavy (non-hydrogen) atoms. The number of benzene rings is 2. The first-order valence-electron chi connectivity index (χ1n) is 10.5. The minimum absolute atomic E-state index is 0.0699. The number of urea groups is 1. The Balaban J connectivity index is 1.57. The molecule has 2 aromatic rings. The summed E-state index contributed by atoms with van der Waals surface area (Å²) in [5.74, 6) is -1.05. The maximum atomic E-state index is 12.8. The van der Waals surface area contributed by atoms with E-state index in [-0.39, 0.29) is 11.2 Å². The molecular weight excluding hydrogens is 440 g/mol. The van der Waals surface area contributed by atoms with Crippen molar-refractivity contribution in [1.82, 2.24) is 10.2 Å². The Labute approximate surface area is 197 Å². The third-order valence-electron chi connectivity index (χ3n) is 5.96. The first-order valence-corrected chi connectivity index (χ1v) is 10.9. The van der Waals surface area contributed by atoms with E-state index < -0.39 is 24.4 Å². The zero-order valence-electron chi connectivity index (χ0n) is 18.9. The van der Waals surface area contributed by atoms with Gasteiger partial charge in [0.15, 0.2) is 0 Å². The fraction of sp³-hybridized carbons (Fsp3) is 0.240. The van der Waals surface area contributed by atoms with E-state index in [0.29, 0.717) is 16.3 Å². The standard InChI is InChI=1S/C25H25ClN4O3/c1-15-13-25(2,3)29(4)21-12-19(26)16(10-18(15)21)11-20-23(32)30(24(33)28-20)14-22(31)27-17-8-6-5-7-9-17/h5-13H,14H2,1-4H3,(H,27,31)(H,28,33)/b20-11+. The van der Waals surface area contributed by atoms with Gasteiger partial charge in [0.25, 0.3) is 5.91 Å². The second kappa shape index (κ2) is 8.41. The summed E-state index contributed by atoms with van der Waals surface area (Å²) < 4.78 is 0. The number of rotatable bonds is 4. The number of likely N-dealkylation sites (N-methyl/N-ethyl adjacent to an activating group) is 1. The van der Waals surface area contributed by atoms with Crippen LogP contribution in [0.25, 0.3) is 11.6 Å². The third kappa shape index (κ3) is 4.36. The lowest BCUT2D eigenvalue weighted by atomic mass is 9.88. The minimum atomic E-state index is -0.652. The molecule has 2 heterocycles. The Morgan fingerprint density at radius 3 is 2.58 bits per heavy atom. The number of carbonyl (C=O) groups excluding carboxylic acids is 3. The molecule has 4 amide bonds. The molecule has 2 N–H and O–H groups in total. The molecule has 0 atom stereocenters. The van der Waals surface area contributed by atoms with E-state index in [2.05, 4.69) is 35.5 Å². The lowest BCUT2D eigenvalue weighted by Gasteiger charge is -2.40. The second-order valence-corrected chi connectivity index (χ2v) is 9.13. The SMILES string of the molecule is CC1=CC(C)(C)N(C)c2cc(Cl)c(/C=C3/NC(=O)N(CC(=O)Nc4ccccc4)C3=O)cc21. The van der Waals surface area contributed by atoms with Crippen molar-refractivity contribution < 1.29 is 14.4 Å². The highest BCUT2D eigenvalue weighted by Crippen LogP contribution is 2.41. The normalized spacial score (nSPS) is 18.2. The number of carbonyl (C=O) groups is 3. The lowest BCUT2D eigenvalue weighted by molar-refractivity contribution is -0.127. The molecule has 0 unspecified atom stereocenters. The second-order valence-electron chi connectivity index (χ2n) is 8.72. The van der Waals surface area contributed by atoms with Gasteiger partial charge in [0, 0.05) is 29.0 Å². The van der Waals surface area contributed by atoms with Gasteiger partial charge in [-0.05, 0) is 62.2 Å². The molecule has 0 saturated carbocycles. The van der Waals surface area contributed by atoms with E-state index in [0.717, 1.165) is 21.7 Å². The van der Waals surface area contributed by atoms with Crippen LogP contribution in [-0.2, 0) is 9.59 Å². The van der Waals surface area contributed by atoms with E-state index in [1.807, 2.05) is 32.2 Å². The molecule has 0 bridgehead atoms. The summed E-state index contributed by atoms with van der Waals surface area (Å²) >= 11 is 6.55. The Kier molecular flexibility index (Phi) is 5.76. The molecule has 1 fully saturated rings. The molecule has 2 aromatic carbocycles. The lowest BCUT2D eigenvalue weighted by Crippen LogP contribution is -2.42. The third-order valence-corrected chi connectivity index (χ3v) is 6.28. The number of hydrogen-bond donors (Lipinski definition) is 2. The summed E-state index contributed by atoms with van der Waals surface area (Å²) in [7, 11) is 2.01. The van der Waals surface area contributed by atoms with Crippen LogP contribution in [0.15, 0.2) is 54.2 Å². The van der Waals surface area contributed by atoms with Crippen LogP contribution >= 0.6 is 11.6 Å². The summed E-state index contributed by atoms with van der Waals surface area (Å²) in [4.78, 5) is 40.6. The molecule has 2 aliphatic heterocycles. The van der Waals surface area contributed by atoms with Crippen molar-refractivity contribution in [2.24, 2.45) is 0 Å². The van der Waals surface area contributed by atoms with Gasteiger partial charge < -0.3 is 15.5 Å². The predicted molar refractivity (Wildman–Crippen MR) is 131 cm³/mol. The zero-order chi connectivity index (χ0) is 23.9.